The SMILES string of the molecule is N#Cc1ccc([C@@H]2O/C(=C/O)[C@@H](O)[C@H](O)[C@H]2O)cc1Cc1ccc(C2CC2)cc1. The third-order valence-corrected chi connectivity index (χ3v) is 5.67. The van der Waals surface area contributed by atoms with Crippen molar-refractivity contribution in [3.8, 4) is 6.07 Å². The second kappa shape index (κ2) is 7.88. The van der Waals surface area contributed by atoms with Crippen LogP contribution >= 0.6 is 0 Å². The van der Waals surface area contributed by atoms with Crippen LogP contribution in [0.25, 0.3) is 0 Å². The second-order valence-corrected chi connectivity index (χ2v) is 7.72. The van der Waals surface area contributed by atoms with E-state index in [1.807, 2.05) is 0 Å². The molecule has 0 aromatic heterocycles. The molecule has 2 aromatic rings. The molecule has 4 rings (SSSR count). The largest absolute Gasteiger partial charge is 0.512 e. The van der Waals surface area contributed by atoms with Crippen LogP contribution in [0.3, 0.4) is 0 Å². The highest BCUT2D eigenvalue weighted by Crippen LogP contribution is 2.40. The summed E-state index contributed by atoms with van der Waals surface area (Å²) in [5.41, 5.74) is 4.25. The van der Waals surface area contributed by atoms with Crippen LogP contribution in [0.5, 0.6) is 0 Å². The van der Waals surface area contributed by atoms with E-state index in [9.17, 15) is 25.7 Å². The van der Waals surface area contributed by atoms with Crippen LogP contribution in [0.2, 0.25) is 0 Å². The molecule has 1 aliphatic heterocycles. The molecule has 0 amide bonds. The summed E-state index contributed by atoms with van der Waals surface area (Å²) in [7, 11) is 0. The summed E-state index contributed by atoms with van der Waals surface area (Å²) < 4.78 is 5.51. The number of aliphatic hydroxyl groups is 4. The normalized spacial score (nSPS) is 28.0. The lowest BCUT2D eigenvalue weighted by Crippen LogP contribution is -2.47. The molecule has 4 atom stereocenters. The Hall–Kier alpha value is -2.85. The van der Waals surface area contributed by atoms with Crippen molar-refractivity contribution in [3.63, 3.8) is 0 Å². The molecule has 4 N–H and O–H groups in total. The number of nitriles is 1. The molecule has 1 saturated heterocycles. The average molecular weight is 393 g/mol. The third kappa shape index (κ3) is 3.85. The topological polar surface area (TPSA) is 114 Å². The van der Waals surface area contributed by atoms with Gasteiger partial charge in [0, 0.05) is 0 Å². The van der Waals surface area contributed by atoms with Crippen molar-refractivity contribution in [1.29, 1.82) is 5.26 Å². The molecular formula is C23H23NO5. The first kappa shape index (κ1) is 19.5. The van der Waals surface area contributed by atoms with Crippen LogP contribution in [-0.2, 0) is 11.2 Å². The van der Waals surface area contributed by atoms with E-state index in [-0.39, 0.29) is 5.76 Å². The fraction of sp³-hybridized carbons (Fsp3) is 0.348. The fourth-order valence-corrected chi connectivity index (χ4v) is 3.78. The molecule has 1 aliphatic carbocycles. The van der Waals surface area contributed by atoms with Crippen molar-refractivity contribution in [2.75, 3.05) is 0 Å². The van der Waals surface area contributed by atoms with E-state index in [4.69, 9.17) is 4.74 Å². The van der Waals surface area contributed by atoms with Crippen molar-refractivity contribution in [2.24, 2.45) is 0 Å². The third-order valence-electron chi connectivity index (χ3n) is 5.67. The molecule has 2 aromatic carbocycles. The lowest BCUT2D eigenvalue weighted by Gasteiger charge is -2.37. The lowest BCUT2D eigenvalue weighted by molar-refractivity contribution is -0.159. The van der Waals surface area contributed by atoms with Crippen LogP contribution in [-0.4, -0.2) is 38.7 Å². The number of hydrogen-bond donors (Lipinski definition) is 4. The Balaban J connectivity index is 1.61. The Morgan fingerprint density at radius 3 is 2.31 bits per heavy atom. The van der Waals surface area contributed by atoms with E-state index in [0.29, 0.717) is 29.7 Å². The summed E-state index contributed by atoms with van der Waals surface area (Å²) in [6.45, 7) is 0. The van der Waals surface area contributed by atoms with Gasteiger partial charge in [0.25, 0.3) is 0 Å². The van der Waals surface area contributed by atoms with E-state index in [2.05, 4.69) is 30.3 Å². The van der Waals surface area contributed by atoms with Crippen LogP contribution in [0, 0.1) is 11.3 Å². The summed E-state index contributed by atoms with van der Waals surface area (Å²) in [5.74, 6) is 0.469. The molecule has 29 heavy (non-hydrogen) atoms. The van der Waals surface area contributed by atoms with E-state index < -0.39 is 24.4 Å². The predicted octanol–water partition coefficient (Wildman–Crippen LogP) is 2.58. The van der Waals surface area contributed by atoms with Gasteiger partial charge in [-0.15, -0.1) is 0 Å². The van der Waals surface area contributed by atoms with Crippen LogP contribution in [0.15, 0.2) is 54.5 Å². The second-order valence-electron chi connectivity index (χ2n) is 7.72. The van der Waals surface area contributed by atoms with Crippen molar-refractivity contribution in [2.45, 2.75) is 49.6 Å². The van der Waals surface area contributed by atoms with E-state index in [1.165, 1.54) is 18.4 Å². The Labute approximate surface area is 168 Å². The Morgan fingerprint density at radius 1 is 1.00 bits per heavy atom. The summed E-state index contributed by atoms with van der Waals surface area (Å²) in [5, 5.41) is 49.0. The molecule has 1 heterocycles. The minimum atomic E-state index is -1.51. The quantitative estimate of drug-likeness (QED) is 0.594. The first-order valence-corrected chi connectivity index (χ1v) is 9.68. The van der Waals surface area contributed by atoms with E-state index in [0.717, 1.165) is 11.1 Å². The van der Waals surface area contributed by atoms with Gasteiger partial charge in [0.2, 0.25) is 0 Å². The molecule has 0 unspecified atom stereocenters. The molecule has 0 bridgehead atoms. The minimum Gasteiger partial charge on any atom is -0.512 e. The zero-order chi connectivity index (χ0) is 20.5. The molecule has 150 valence electrons. The highest BCUT2D eigenvalue weighted by atomic mass is 16.5. The minimum absolute atomic E-state index is 0.214. The Kier molecular flexibility index (Phi) is 5.29. The van der Waals surface area contributed by atoms with Gasteiger partial charge in [0.05, 0.1) is 11.6 Å². The Morgan fingerprint density at radius 2 is 1.69 bits per heavy atom. The Bertz CT molecular complexity index is 958. The molecule has 6 heteroatoms. The van der Waals surface area contributed by atoms with Gasteiger partial charge in [0.1, 0.15) is 24.6 Å². The smallest absolute Gasteiger partial charge is 0.162 e. The first-order valence-electron chi connectivity index (χ1n) is 9.68. The number of hydrogen-bond acceptors (Lipinski definition) is 6. The lowest BCUT2D eigenvalue weighted by atomic mass is 9.90. The number of ether oxygens (including phenoxy) is 1. The summed E-state index contributed by atoms with van der Waals surface area (Å²) in [6.07, 6.45) is -1.75. The average Bonchev–Trinajstić information content (AvgIpc) is 3.58. The van der Waals surface area contributed by atoms with Crippen molar-refractivity contribution < 1.29 is 25.2 Å². The number of nitrogens with zero attached hydrogens (tertiary/aromatic N) is 1. The van der Waals surface area contributed by atoms with Gasteiger partial charge < -0.3 is 25.2 Å². The van der Waals surface area contributed by atoms with Crippen LogP contribution in [0.4, 0.5) is 0 Å². The number of benzene rings is 2. The summed E-state index contributed by atoms with van der Waals surface area (Å²) in [4.78, 5) is 0. The highest BCUT2D eigenvalue weighted by molar-refractivity contribution is 5.44. The molecule has 1 saturated carbocycles. The highest BCUT2D eigenvalue weighted by Gasteiger charge is 2.42. The monoisotopic (exact) mass is 393 g/mol. The van der Waals surface area contributed by atoms with Gasteiger partial charge >= 0.3 is 0 Å². The molecule has 0 radical (unpaired) electrons. The maximum atomic E-state index is 10.4. The van der Waals surface area contributed by atoms with Crippen molar-refractivity contribution in [1.82, 2.24) is 0 Å². The maximum Gasteiger partial charge on any atom is 0.162 e. The number of rotatable bonds is 4. The summed E-state index contributed by atoms with van der Waals surface area (Å²) >= 11 is 0. The van der Waals surface area contributed by atoms with Crippen molar-refractivity contribution in [3.05, 3.63) is 82.3 Å². The van der Waals surface area contributed by atoms with E-state index >= 15 is 0 Å². The zero-order valence-electron chi connectivity index (χ0n) is 15.8. The maximum absolute atomic E-state index is 10.4. The predicted molar refractivity (Wildman–Crippen MR) is 105 cm³/mol. The molecular weight excluding hydrogens is 370 g/mol. The van der Waals surface area contributed by atoms with Crippen molar-refractivity contribution >= 4 is 0 Å². The van der Waals surface area contributed by atoms with Crippen LogP contribution in [0.1, 0.15) is 52.7 Å². The zero-order valence-corrected chi connectivity index (χ0v) is 15.8. The molecule has 6 nitrogen and oxygen atoms in total. The van der Waals surface area contributed by atoms with Gasteiger partial charge in [-0.2, -0.15) is 5.26 Å². The van der Waals surface area contributed by atoms with Gasteiger partial charge in [-0.1, -0.05) is 36.4 Å². The summed E-state index contributed by atoms with van der Waals surface area (Å²) in [6, 6.07) is 15.7. The molecule has 2 aliphatic rings. The van der Waals surface area contributed by atoms with E-state index in [1.54, 1.807) is 18.2 Å². The van der Waals surface area contributed by atoms with Gasteiger partial charge in [-0.25, -0.2) is 0 Å². The standard InChI is InChI=1S/C23H23NO5/c24-11-17-8-7-16(23-22(28)21(27)20(26)19(12-25)29-23)10-18(17)9-13-1-3-14(4-2-13)15-5-6-15/h1-4,7-8,10,12,15,20-23,25-28H,5-6,9H2/b19-12+/t20-,21+,22-,23+/m1/s1. The van der Waals surface area contributed by atoms with Crippen LogP contribution < -0.4 is 0 Å². The van der Waals surface area contributed by atoms with Gasteiger partial charge in [0.15, 0.2) is 11.9 Å². The fourth-order valence-electron chi connectivity index (χ4n) is 3.78. The first-order chi connectivity index (χ1) is 14.0. The number of aliphatic hydroxyl groups excluding tert-OH is 4. The van der Waals surface area contributed by atoms with Gasteiger partial charge in [-0.05, 0) is 53.5 Å². The molecule has 0 spiro atoms. The molecule has 2 fully saturated rings. The van der Waals surface area contributed by atoms with Gasteiger partial charge in [-0.3, -0.25) is 0 Å².